The minimum absolute atomic E-state index is 0.345. The van der Waals surface area contributed by atoms with Crippen molar-refractivity contribution in [3.63, 3.8) is 0 Å². The third-order valence-electron chi connectivity index (χ3n) is 4.70. The van der Waals surface area contributed by atoms with E-state index in [4.69, 9.17) is 5.73 Å². The van der Waals surface area contributed by atoms with Crippen LogP contribution in [0.5, 0.6) is 0 Å². The molecular formula is C17H27BrN2. The molecule has 1 aromatic rings. The van der Waals surface area contributed by atoms with Crippen molar-refractivity contribution in [1.82, 2.24) is 4.90 Å². The van der Waals surface area contributed by atoms with Crippen molar-refractivity contribution in [2.45, 2.75) is 39.7 Å². The van der Waals surface area contributed by atoms with Crippen molar-refractivity contribution in [2.75, 3.05) is 19.6 Å². The van der Waals surface area contributed by atoms with Gasteiger partial charge in [-0.25, -0.2) is 0 Å². The van der Waals surface area contributed by atoms with Crippen LogP contribution in [0.15, 0.2) is 22.7 Å². The fourth-order valence-corrected chi connectivity index (χ4v) is 4.03. The first-order chi connectivity index (χ1) is 9.52. The van der Waals surface area contributed by atoms with E-state index in [0.717, 1.165) is 11.8 Å². The Morgan fingerprint density at radius 3 is 2.45 bits per heavy atom. The van der Waals surface area contributed by atoms with Gasteiger partial charge in [-0.05, 0) is 61.9 Å². The summed E-state index contributed by atoms with van der Waals surface area (Å²) >= 11 is 3.71. The first-order valence-electron chi connectivity index (χ1n) is 7.73. The van der Waals surface area contributed by atoms with Crippen molar-refractivity contribution in [1.29, 1.82) is 0 Å². The number of hydrogen-bond donors (Lipinski definition) is 1. The van der Waals surface area contributed by atoms with Gasteiger partial charge in [-0.15, -0.1) is 0 Å². The standard InChI is InChI=1S/C17H27BrN2/c1-12(2)14-6-8-20(9-7-14)17(11-19)15-5-4-13(3)10-16(15)18/h4-5,10,12,14,17H,6-9,11,19H2,1-3H3. The molecule has 1 aliphatic rings. The lowest BCUT2D eigenvalue weighted by Gasteiger charge is -2.39. The Balaban J connectivity index is 2.09. The predicted molar refractivity (Wildman–Crippen MR) is 89.8 cm³/mol. The Bertz CT molecular complexity index is 437. The first-order valence-corrected chi connectivity index (χ1v) is 8.52. The minimum atomic E-state index is 0.345. The molecular weight excluding hydrogens is 312 g/mol. The summed E-state index contributed by atoms with van der Waals surface area (Å²) in [6.07, 6.45) is 2.61. The Hall–Kier alpha value is -0.380. The number of nitrogens with zero attached hydrogens (tertiary/aromatic N) is 1. The van der Waals surface area contributed by atoms with Crippen LogP contribution < -0.4 is 5.73 Å². The molecule has 0 radical (unpaired) electrons. The van der Waals surface area contributed by atoms with E-state index in [1.54, 1.807) is 0 Å². The van der Waals surface area contributed by atoms with Gasteiger partial charge in [0.1, 0.15) is 0 Å². The van der Waals surface area contributed by atoms with E-state index in [-0.39, 0.29) is 0 Å². The lowest BCUT2D eigenvalue weighted by Crippen LogP contribution is -2.40. The zero-order chi connectivity index (χ0) is 14.7. The van der Waals surface area contributed by atoms with Crippen LogP contribution >= 0.6 is 15.9 Å². The molecule has 112 valence electrons. The molecule has 0 amide bonds. The van der Waals surface area contributed by atoms with Gasteiger partial charge < -0.3 is 5.73 Å². The molecule has 1 atom stereocenters. The van der Waals surface area contributed by atoms with Gasteiger partial charge in [-0.1, -0.05) is 41.9 Å². The van der Waals surface area contributed by atoms with Crippen molar-refractivity contribution in [3.8, 4) is 0 Å². The number of nitrogens with two attached hydrogens (primary N) is 1. The first kappa shape index (κ1) is 16.0. The van der Waals surface area contributed by atoms with Crippen LogP contribution in [0, 0.1) is 18.8 Å². The molecule has 2 rings (SSSR count). The van der Waals surface area contributed by atoms with Crippen LogP contribution in [0.3, 0.4) is 0 Å². The number of hydrogen-bond acceptors (Lipinski definition) is 2. The highest BCUT2D eigenvalue weighted by Crippen LogP contribution is 2.33. The fraction of sp³-hybridized carbons (Fsp3) is 0.647. The zero-order valence-electron chi connectivity index (χ0n) is 12.9. The van der Waals surface area contributed by atoms with Gasteiger partial charge in [0.25, 0.3) is 0 Å². The van der Waals surface area contributed by atoms with Gasteiger partial charge in [-0.3, -0.25) is 4.90 Å². The van der Waals surface area contributed by atoms with Gasteiger partial charge in [0.2, 0.25) is 0 Å². The van der Waals surface area contributed by atoms with Crippen LogP contribution in [-0.2, 0) is 0 Å². The third-order valence-corrected chi connectivity index (χ3v) is 5.38. The summed E-state index contributed by atoms with van der Waals surface area (Å²) in [5, 5.41) is 0. The Kier molecular flexibility index (Phi) is 5.65. The van der Waals surface area contributed by atoms with Crippen molar-refractivity contribution >= 4 is 15.9 Å². The molecule has 1 heterocycles. The predicted octanol–water partition coefficient (Wildman–Crippen LogP) is 4.13. The summed E-state index contributed by atoms with van der Waals surface area (Å²) in [7, 11) is 0. The normalized spacial score (nSPS) is 19.5. The fourth-order valence-electron chi connectivity index (χ4n) is 3.27. The number of piperidine rings is 1. The lowest BCUT2D eigenvalue weighted by molar-refractivity contribution is 0.117. The van der Waals surface area contributed by atoms with Crippen molar-refractivity contribution in [2.24, 2.45) is 17.6 Å². The van der Waals surface area contributed by atoms with E-state index in [1.807, 2.05) is 0 Å². The van der Waals surface area contributed by atoms with E-state index in [2.05, 4.69) is 59.8 Å². The molecule has 0 bridgehead atoms. The summed E-state index contributed by atoms with van der Waals surface area (Å²) in [5.41, 5.74) is 8.70. The van der Waals surface area contributed by atoms with Crippen LogP contribution in [0.25, 0.3) is 0 Å². The lowest BCUT2D eigenvalue weighted by atomic mass is 9.86. The van der Waals surface area contributed by atoms with Gasteiger partial charge in [0, 0.05) is 17.1 Å². The van der Waals surface area contributed by atoms with E-state index in [9.17, 15) is 0 Å². The average Bonchev–Trinajstić information content (AvgIpc) is 2.42. The smallest absolute Gasteiger partial charge is 0.0481 e. The average molecular weight is 339 g/mol. The second-order valence-electron chi connectivity index (χ2n) is 6.39. The van der Waals surface area contributed by atoms with Crippen molar-refractivity contribution in [3.05, 3.63) is 33.8 Å². The molecule has 20 heavy (non-hydrogen) atoms. The van der Waals surface area contributed by atoms with Gasteiger partial charge >= 0.3 is 0 Å². The van der Waals surface area contributed by atoms with Gasteiger partial charge in [-0.2, -0.15) is 0 Å². The number of halogens is 1. The molecule has 3 heteroatoms. The highest BCUT2D eigenvalue weighted by atomic mass is 79.9. The maximum absolute atomic E-state index is 6.07. The monoisotopic (exact) mass is 338 g/mol. The minimum Gasteiger partial charge on any atom is -0.329 e. The maximum Gasteiger partial charge on any atom is 0.0481 e. The number of aryl methyl sites for hydroxylation is 1. The van der Waals surface area contributed by atoms with E-state index < -0.39 is 0 Å². The largest absolute Gasteiger partial charge is 0.329 e. The van der Waals surface area contributed by atoms with Crippen LogP contribution in [0.2, 0.25) is 0 Å². The summed E-state index contributed by atoms with van der Waals surface area (Å²) in [5.74, 6) is 1.69. The topological polar surface area (TPSA) is 29.3 Å². The van der Waals surface area contributed by atoms with E-state index in [1.165, 1.54) is 41.5 Å². The highest BCUT2D eigenvalue weighted by Gasteiger charge is 2.27. The Labute approximate surface area is 131 Å². The third kappa shape index (κ3) is 3.63. The van der Waals surface area contributed by atoms with Gasteiger partial charge in [0.05, 0.1) is 0 Å². The van der Waals surface area contributed by atoms with Crippen LogP contribution in [0.1, 0.15) is 43.9 Å². The van der Waals surface area contributed by atoms with Gasteiger partial charge in [0.15, 0.2) is 0 Å². The molecule has 0 aliphatic carbocycles. The molecule has 1 saturated heterocycles. The van der Waals surface area contributed by atoms with Crippen molar-refractivity contribution < 1.29 is 0 Å². The quantitative estimate of drug-likeness (QED) is 0.894. The maximum atomic E-state index is 6.07. The molecule has 0 spiro atoms. The van der Waals surface area contributed by atoms with Crippen LogP contribution in [-0.4, -0.2) is 24.5 Å². The SMILES string of the molecule is Cc1ccc(C(CN)N2CCC(C(C)C)CC2)c(Br)c1. The molecule has 1 fully saturated rings. The molecule has 0 saturated carbocycles. The molecule has 2 N–H and O–H groups in total. The second-order valence-corrected chi connectivity index (χ2v) is 7.25. The van der Waals surface area contributed by atoms with E-state index >= 15 is 0 Å². The number of benzene rings is 1. The number of rotatable bonds is 4. The molecule has 1 aliphatic heterocycles. The summed E-state index contributed by atoms with van der Waals surface area (Å²) in [6, 6.07) is 6.95. The second kappa shape index (κ2) is 7.06. The molecule has 1 aromatic carbocycles. The number of likely N-dealkylation sites (tertiary alicyclic amines) is 1. The van der Waals surface area contributed by atoms with Crippen LogP contribution in [0.4, 0.5) is 0 Å². The summed E-state index contributed by atoms with van der Waals surface area (Å²) in [4.78, 5) is 2.56. The summed E-state index contributed by atoms with van der Waals surface area (Å²) in [6.45, 7) is 9.85. The Morgan fingerprint density at radius 2 is 1.95 bits per heavy atom. The Morgan fingerprint density at radius 1 is 1.30 bits per heavy atom. The zero-order valence-corrected chi connectivity index (χ0v) is 14.5. The highest BCUT2D eigenvalue weighted by molar-refractivity contribution is 9.10. The molecule has 1 unspecified atom stereocenters. The molecule has 2 nitrogen and oxygen atoms in total. The van der Waals surface area contributed by atoms with E-state index in [0.29, 0.717) is 12.6 Å². The molecule has 0 aromatic heterocycles. The summed E-state index contributed by atoms with van der Waals surface area (Å²) < 4.78 is 1.19.